The van der Waals surface area contributed by atoms with Crippen molar-refractivity contribution in [3.63, 3.8) is 0 Å². The van der Waals surface area contributed by atoms with Crippen molar-refractivity contribution in [2.24, 2.45) is 0 Å². The van der Waals surface area contributed by atoms with Gasteiger partial charge in [0.1, 0.15) is 5.76 Å². The molecule has 0 bridgehead atoms. The Bertz CT molecular complexity index is 1010. The van der Waals surface area contributed by atoms with Gasteiger partial charge in [0.05, 0.1) is 24.8 Å². The van der Waals surface area contributed by atoms with Gasteiger partial charge < -0.3 is 14.7 Å². The van der Waals surface area contributed by atoms with Crippen LogP contribution in [0.1, 0.15) is 29.2 Å². The largest absolute Gasteiger partial charge is 0.507 e. The average molecular weight is 455 g/mol. The zero-order chi connectivity index (χ0) is 22.7. The molecule has 1 amide bonds. The number of hydrogen-bond donors (Lipinski definition) is 1. The summed E-state index contributed by atoms with van der Waals surface area (Å²) in [4.78, 5) is 29.9. The molecule has 4 rings (SSSR count). The number of amides is 1. The number of ether oxygens (including phenoxy) is 1. The molecule has 0 spiro atoms. The lowest BCUT2D eigenvalue weighted by molar-refractivity contribution is -0.140. The van der Waals surface area contributed by atoms with E-state index in [0.717, 1.165) is 37.2 Å². The minimum atomic E-state index is -0.658. The molecule has 2 heterocycles. The highest BCUT2D eigenvalue weighted by molar-refractivity contribution is 6.46. The highest BCUT2D eigenvalue weighted by atomic mass is 35.5. The van der Waals surface area contributed by atoms with Gasteiger partial charge in [-0.1, -0.05) is 53.6 Å². The maximum Gasteiger partial charge on any atom is 0.295 e. The van der Waals surface area contributed by atoms with Gasteiger partial charge in [-0.3, -0.25) is 14.5 Å². The molecule has 168 valence electrons. The molecular weight excluding hydrogens is 428 g/mol. The highest BCUT2D eigenvalue weighted by Gasteiger charge is 2.45. The van der Waals surface area contributed by atoms with Crippen molar-refractivity contribution < 1.29 is 19.4 Å². The first-order valence-electron chi connectivity index (χ1n) is 10.9. The van der Waals surface area contributed by atoms with Crippen LogP contribution in [-0.2, 0) is 14.3 Å². The third kappa shape index (κ3) is 4.72. The summed E-state index contributed by atoms with van der Waals surface area (Å²) in [6.07, 6.45) is 0.724. The smallest absolute Gasteiger partial charge is 0.295 e. The number of halogens is 1. The van der Waals surface area contributed by atoms with E-state index in [0.29, 0.717) is 30.3 Å². The van der Waals surface area contributed by atoms with E-state index in [4.69, 9.17) is 16.3 Å². The van der Waals surface area contributed by atoms with Crippen LogP contribution in [0.2, 0.25) is 5.02 Å². The van der Waals surface area contributed by atoms with Gasteiger partial charge in [0.25, 0.3) is 11.7 Å². The van der Waals surface area contributed by atoms with E-state index in [1.807, 2.05) is 19.1 Å². The summed E-state index contributed by atoms with van der Waals surface area (Å²) >= 11 is 6.07. The van der Waals surface area contributed by atoms with E-state index >= 15 is 0 Å². The SMILES string of the molecule is Cc1ccc(/C(O)=C2\C(=O)C(=O)N(CCCN3CCOCC3)[C@H]2c2ccc(Cl)cc2)cc1. The van der Waals surface area contributed by atoms with Crippen LogP contribution in [0, 0.1) is 6.92 Å². The van der Waals surface area contributed by atoms with Crippen LogP contribution in [0.4, 0.5) is 0 Å². The number of ketones is 1. The van der Waals surface area contributed by atoms with Gasteiger partial charge in [-0.05, 0) is 31.0 Å². The number of likely N-dealkylation sites (tertiary alicyclic amines) is 1. The Morgan fingerprint density at radius 1 is 1.03 bits per heavy atom. The van der Waals surface area contributed by atoms with E-state index in [1.54, 1.807) is 41.3 Å². The van der Waals surface area contributed by atoms with Gasteiger partial charge in [0.2, 0.25) is 0 Å². The van der Waals surface area contributed by atoms with Crippen molar-refractivity contribution in [1.82, 2.24) is 9.80 Å². The van der Waals surface area contributed by atoms with Crippen molar-refractivity contribution >= 4 is 29.1 Å². The number of benzene rings is 2. The van der Waals surface area contributed by atoms with Gasteiger partial charge in [-0.15, -0.1) is 0 Å². The zero-order valence-corrected chi connectivity index (χ0v) is 18.8. The fourth-order valence-corrected chi connectivity index (χ4v) is 4.38. The lowest BCUT2D eigenvalue weighted by atomic mass is 9.95. The molecule has 0 saturated carbocycles. The highest BCUT2D eigenvalue weighted by Crippen LogP contribution is 2.39. The molecular formula is C25H27ClN2O4. The van der Waals surface area contributed by atoms with Crippen LogP contribution < -0.4 is 0 Å². The van der Waals surface area contributed by atoms with Crippen LogP contribution in [0.5, 0.6) is 0 Å². The van der Waals surface area contributed by atoms with Gasteiger partial charge in [0.15, 0.2) is 0 Å². The molecule has 0 unspecified atom stereocenters. The van der Waals surface area contributed by atoms with Crippen LogP contribution in [0.25, 0.3) is 5.76 Å². The number of carbonyl (C=O) groups excluding carboxylic acids is 2. The summed E-state index contributed by atoms with van der Waals surface area (Å²) in [6, 6.07) is 13.7. The van der Waals surface area contributed by atoms with Crippen LogP contribution >= 0.6 is 11.6 Å². The maximum absolute atomic E-state index is 13.1. The number of nitrogens with zero attached hydrogens (tertiary/aromatic N) is 2. The molecule has 2 fully saturated rings. The molecule has 0 aromatic heterocycles. The third-order valence-electron chi connectivity index (χ3n) is 6.03. The van der Waals surface area contributed by atoms with Crippen molar-refractivity contribution in [3.05, 3.63) is 75.8 Å². The number of aliphatic hydroxyl groups excluding tert-OH is 1. The molecule has 0 aliphatic carbocycles. The fraction of sp³-hybridized carbons (Fsp3) is 0.360. The fourth-order valence-electron chi connectivity index (χ4n) is 4.26. The van der Waals surface area contributed by atoms with E-state index in [1.165, 1.54) is 0 Å². The maximum atomic E-state index is 13.1. The molecule has 7 heteroatoms. The molecule has 2 aliphatic heterocycles. The second-order valence-corrected chi connectivity index (χ2v) is 8.65. The van der Waals surface area contributed by atoms with E-state index < -0.39 is 17.7 Å². The Labute approximate surface area is 193 Å². The van der Waals surface area contributed by atoms with Crippen LogP contribution in [-0.4, -0.2) is 66.0 Å². The number of aryl methyl sites for hydroxylation is 1. The molecule has 0 radical (unpaired) electrons. The normalized spacial score (nSPS) is 21.3. The first-order chi connectivity index (χ1) is 15.5. The van der Waals surface area contributed by atoms with Gasteiger partial charge in [-0.2, -0.15) is 0 Å². The predicted octanol–water partition coefficient (Wildman–Crippen LogP) is 3.79. The number of morpholine rings is 1. The summed E-state index contributed by atoms with van der Waals surface area (Å²) in [5, 5.41) is 11.6. The second kappa shape index (κ2) is 9.86. The van der Waals surface area contributed by atoms with Crippen molar-refractivity contribution in [3.8, 4) is 0 Å². The summed E-state index contributed by atoms with van der Waals surface area (Å²) in [5.74, 6) is -1.39. The molecule has 1 atom stereocenters. The van der Waals surface area contributed by atoms with E-state index in [2.05, 4.69) is 4.90 Å². The molecule has 2 aliphatic rings. The molecule has 6 nitrogen and oxygen atoms in total. The number of Topliss-reactive ketones (excluding diaryl/α,β-unsaturated/α-hetero) is 1. The van der Waals surface area contributed by atoms with Crippen molar-refractivity contribution in [2.75, 3.05) is 39.4 Å². The van der Waals surface area contributed by atoms with Gasteiger partial charge in [-0.25, -0.2) is 0 Å². The van der Waals surface area contributed by atoms with Crippen molar-refractivity contribution in [1.29, 1.82) is 0 Å². The minimum Gasteiger partial charge on any atom is -0.507 e. The Morgan fingerprint density at radius 3 is 2.34 bits per heavy atom. The molecule has 2 aromatic rings. The Kier molecular flexibility index (Phi) is 6.94. The minimum absolute atomic E-state index is 0.118. The van der Waals surface area contributed by atoms with E-state index in [9.17, 15) is 14.7 Å². The third-order valence-corrected chi connectivity index (χ3v) is 6.28. The van der Waals surface area contributed by atoms with E-state index in [-0.39, 0.29) is 11.3 Å². The lowest BCUT2D eigenvalue weighted by Crippen LogP contribution is -2.38. The lowest BCUT2D eigenvalue weighted by Gasteiger charge is -2.29. The first-order valence-corrected chi connectivity index (χ1v) is 11.2. The Morgan fingerprint density at radius 2 is 1.69 bits per heavy atom. The summed E-state index contributed by atoms with van der Waals surface area (Å²) in [7, 11) is 0. The Hall–Kier alpha value is -2.67. The number of hydrogen-bond acceptors (Lipinski definition) is 5. The molecule has 2 aromatic carbocycles. The van der Waals surface area contributed by atoms with Crippen LogP contribution in [0.15, 0.2) is 54.1 Å². The zero-order valence-electron chi connectivity index (χ0n) is 18.1. The summed E-state index contributed by atoms with van der Waals surface area (Å²) < 4.78 is 5.39. The molecule has 1 N–H and O–H groups in total. The predicted molar refractivity (Wildman–Crippen MR) is 124 cm³/mol. The number of aliphatic hydroxyl groups is 1. The number of rotatable bonds is 6. The first kappa shape index (κ1) is 22.5. The van der Waals surface area contributed by atoms with Crippen molar-refractivity contribution in [2.45, 2.75) is 19.4 Å². The van der Waals surface area contributed by atoms with Gasteiger partial charge >= 0.3 is 0 Å². The quantitative estimate of drug-likeness (QED) is 0.408. The number of carbonyl (C=O) groups is 2. The Balaban J connectivity index is 1.66. The average Bonchev–Trinajstić information content (AvgIpc) is 3.05. The summed E-state index contributed by atoms with van der Waals surface area (Å²) in [6.45, 7) is 6.35. The summed E-state index contributed by atoms with van der Waals surface area (Å²) in [5.41, 5.74) is 2.42. The molecule has 32 heavy (non-hydrogen) atoms. The van der Waals surface area contributed by atoms with Gasteiger partial charge in [0, 0.05) is 36.8 Å². The topological polar surface area (TPSA) is 70.1 Å². The molecule has 2 saturated heterocycles. The monoisotopic (exact) mass is 454 g/mol. The second-order valence-electron chi connectivity index (χ2n) is 8.22. The standard InChI is InChI=1S/C25H27ClN2O4/c1-17-3-5-19(6-4-17)23(29)21-22(18-7-9-20(26)10-8-18)28(25(31)24(21)30)12-2-11-27-13-15-32-16-14-27/h3-10,22,29H,2,11-16H2,1H3/b23-21+/t22-/m0/s1. The van der Waals surface area contributed by atoms with Crippen LogP contribution in [0.3, 0.4) is 0 Å².